The van der Waals surface area contributed by atoms with E-state index in [1.165, 1.54) is 0 Å². The predicted octanol–water partition coefficient (Wildman–Crippen LogP) is 0.879. The van der Waals surface area contributed by atoms with Gasteiger partial charge in [-0.25, -0.2) is 0 Å². The van der Waals surface area contributed by atoms with Crippen LogP contribution in [0.25, 0.3) is 0 Å². The third kappa shape index (κ3) is 4.49. The average Bonchev–Trinajstić information content (AvgIpc) is 2.24. The van der Waals surface area contributed by atoms with Crippen LogP contribution in [0.5, 0.6) is 0 Å². The van der Waals surface area contributed by atoms with Gasteiger partial charge in [-0.15, -0.1) is 0 Å². The highest BCUT2D eigenvalue weighted by molar-refractivity contribution is 5.76. The fraction of sp³-hybridized carbons (Fsp3) is 0.917. The Hall–Kier alpha value is -0.610. The Morgan fingerprint density at radius 2 is 1.94 bits per heavy atom. The zero-order chi connectivity index (χ0) is 12.0. The van der Waals surface area contributed by atoms with E-state index in [0.29, 0.717) is 38.9 Å². The summed E-state index contributed by atoms with van der Waals surface area (Å²) in [6.45, 7) is 3.95. The largest absolute Gasteiger partial charge is 0.390 e. The number of rotatable bonds is 5. The normalized spacial score (nSPS) is 19.8. The van der Waals surface area contributed by atoms with E-state index < -0.39 is 5.60 Å². The molecule has 0 saturated carbocycles. The Kier molecular flexibility index (Phi) is 5.22. The molecule has 0 aliphatic carbocycles. The first kappa shape index (κ1) is 13.5. The average molecular weight is 228 g/mol. The molecule has 0 spiro atoms. The van der Waals surface area contributed by atoms with Gasteiger partial charge >= 0.3 is 0 Å². The highest BCUT2D eigenvalue weighted by atomic mass is 16.3. The summed E-state index contributed by atoms with van der Waals surface area (Å²) in [5, 5.41) is 9.77. The number of nitrogens with zero attached hydrogens (tertiary/aromatic N) is 1. The lowest BCUT2D eigenvalue weighted by Gasteiger charge is -2.35. The molecule has 1 amide bonds. The second kappa shape index (κ2) is 6.21. The molecule has 1 rings (SSSR count). The number of unbranched alkanes of at least 4 members (excludes halogenated alkanes) is 2. The van der Waals surface area contributed by atoms with Crippen molar-refractivity contribution in [3.05, 3.63) is 0 Å². The van der Waals surface area contributed by atoms with Crippen molar-refractivity contribution < 1.29 is 9.90 Å². The summed E-state index contributed by atoms with van der Waals surface area (Å²) in [4.78, 5) is 13.7. The monoisotopic (exact) mass is 228 g/mol. The number of hydrogen-bond acceptors (Lipinski definition) is 3. The van der Waals surface area contributed by atoms with E-state index in [1.807, 2.05) is 11.8 Å². The third-order valence-corrected chi connectivity index (χ3v) is 3.29. The molecule has 1 saturated heterocycles. The van der Waals surface area contributed by atoms with Crippen LogP contribution in [-0.4, -0.2) is 41.1 Å². The SMILES string of the molecule is CC1(O)CCN(C(=O)CCCCCN)CC1. The minimum Gasteiger partial charge on any atom is -0.390 e. The number of amides is 1. The van der Waals surface area contributed by atoms with E-state index in [1.54, 1.807) is 0 Å². The van der Waals surface area contributed by atoms with Gasteiger partial charge in [0.25, 0.3) is 0 Å². The molecular formula is C12H24N2O2. The van der Waals surface area contributed by atoms with Gasteiger partial charge in [-0.3, -0.25) is 4.79 Å². The zero-order valence-electron chi connectivity index (χ0n) is 10.2. The van der Waals surface area contributed by atoms with Crippen molar-refractivity contribution in [2.75, 3.05) is 19.6 Å². The van der Waals surface area contributed by atoms with Gasteiger partial charge in [0.2, 0.25) is 5.91 Å². The van der Waals surface area contributed by atoms with Crippen molar-refractivity contribution in [3.8, 4) is 0 Å². The van der Waals surface area contributed by atoms with E-state index >= 15 is 0 Å². The molecule has 4 nitrogen and oxygen atoms in total. The predicted molar refractivity (Wildman–Crippen MR) is 64.0 cm³/mol. The van der Waals surface area contributed by atoms with Crippen LogP contribution >= 0.6 is 0 Å². The lowest BCUT2D eigenvalue weighted by atomic mass is 9.93. The number of hydrogen-bond donors (Lipinski definition) is 2. The molecule has 3 N–H and O–H groups in total. The minimum absolute atomic E-state index is 0.229. The van der Waals surface area contributed by atoms with Gasteiger partial charge in [-0.05, 0) is 39.2 Å². The first-order valence-electron chi connectivity index (χ1n) is 6.25. The molecule has 94 valence electrons. The van der Waals surface area contributed by atoms with E-state index in [0.717, 1.165) is 19.3 Å². The van der Waals surface area contributed by atoms with Crippen molar-refractivity contribution in [2.24, 2.45) is 5.73 Å². The molecule has 0 bridgehead atoms. The lowest BCUT2D eigenvalue weighted by Crippen LogP contribution is -2.45. The van der Waals surface area contributed by atoms with Crippen LogP contribution in [0.2, 0.25) is 0 Å². The first-order chi connectivity index (χ1) is 7.55. The number of aliphatic hydroxyl groups is 1. The standard InChI is InChI=1S/C12H24N2O2/c1-12(16)6-9-14(10-7-12)11(15)5-3-2-4-8-13/h16H,2-10,13H2,1H3. The van der Waals surface area contributed by atoms with Crippen LogP contribution < -0.4 is 5.73 Å². The van der Waals surface area contributed by atoms with Gasteiger partial charge in [0.1, 0.15) is 0 Å². The van der Waals surface area contributed by atoms with Crippen LogP contribution in [0.15, 0.2) is 0 Å². The Bertz CT molecular complexity index is 219. The summed E-state index contributed by atoms with van der Waals surface area (Å²) in [6.07, 6.45) is 4.99. The van der Waals surface area contributed by atoms with Gasteiger partial charge in [0.05, 0.1) is 5.60 Å². The molecule has 0 aromatic carbocycles. The fourth-order valence-electron chi connectivity index (χ4n) is 1.99. The second-order valence-electron chi connectivity index (χ2n) is 4.98. The Morgan fingerprint density at radius 3 is 2.50 bits per heavy atom. The van der Waals surface area contributed by atoms with Gasteiger partial charge in [0, 0.05) is 19.5 Å². The molecule has 0 aromatic rings. The van der Waals surface area contributed by atoms with Gasteiger partial charge in [-0.1, -0.05) is 6.42 Å². The van der Waals surface area contributed by atoms with Crippen LogP contribution in [0, 0.1) is 0 Å². The van der Waals surface area contributed by atoms with Crippen LogP contribution in [0.4, 0.5) is 0 Å². The van der Waals surface area contributed by atoms with E-state index in [-0.39, 0.29) is 5.91 Å². The smallest absolute Gasteiger partial charge is 0.222 e. The summed E-state index contributed by atoms with van der Waals surface area (Å²) < 4.78 is 0. The molecule has 0 aromatic heterocycles. The lowest BCUT2D eigenvalue weighted by molar-refractivity contribution is -0.135. The molecule has 1 aliphatic rings. The second-order valence-corrected chi connectivity index (χ2v) is 4.98. The van der Waals surface area contributed by atoms with E-state index in [2.05, 4.69) is 0 Å². The molecule has 1 fully saturated rings. The Morgan fingerprint density at radius 1 is 1.31 bits per heavy atom. The molecule has 0 atom stereocenters. The molecule has 4 heteroatoms. The Labute approximate surface area is 97.8 Å². The number of likely N-dealkylation sites (tertiary alicyclic amines) is 1. The third-order valence-electron chi connectivity index (χ3n) is 3.29. The summed E-state index contributed by atoms with van der Waals surface area (Å²) in [5.74, 6) is 0.229. The quantitative estimate of drug-likeness (QED) is 0.686. The first-order valence-corrected chi connectivity index (χ1v) is 6.25. The Balaban J connectivity index is 2.18. The highest BCUT2D eigenvalue weighted by Gasteiger charge is 2.29. The van der Waals surface area contributed by atoms with Crippen LogP contribution in [-0.2, 0) is 4.79 Å². The van der Waals surface area contributed by atoms with Crippen molar-refractivity contribution in [3.63, 3.8) is 0 Å². The summed E-state index contributed by atoms with van der Waals surface area (Å²) >= 11 is 0. The number of carbonyl (C=O) groups is 1. The van der Waals surface area contributed by atoms with Crippen molar-refractivity contribution in [1.29, 1.82) is 0 Å². The number of piperidine rings is 1. The van der Waals surface area contributed by atoms with Crippen LogP contribution in [0.1, 0.15) is 45.4 Å². The summed E-state index contributed by atoms with van der Waals surface area (Å²) in [6, 6.07) is 0. The van der Waals surface area contributed by atoms with Crippen LogP contribution in [0.3, 0.4) is 0 Å². The summed E-state index contributed by atoms with van der Waals surface area (Å²) in [7, 11) is 0. The van der Waals surface area contributed by atoms with E-state index in [9.17, 15) is 9.90 Å². The van der Waals surface area contributed by atoms with Crippen molar-refractivity contribution >= 4 is 5.91 Å². The van der Waals surface area contributed by atoms with Crippen molar-refractivity contribution in [1.82, 2.24) is 4.90 Å². The van der Waals surface area contributed by atoms with Gasteiger partial charge < -0.3 is 15.7 Å². The van der Waals surface area contributed by atoms with Gasteiger partial charge in [0.15, 0.2) is 0 Å². The maximum Gasteiger partial charge on any atom is 0.222 e. The maximum atomic E-state index is 11.8. The molecule has 0 unspecified atom stereocenters. The molecular weight excluding hydrogens is 204 g/mol. The van der Waals surface area contributed by atoms with Gasteiger partial charge in [-0.2, -0.15) is 0 Å². The fourth-order valence-corrected chi connectivity index (χ4v) is 1.99. The molecule has 0 radical (unpaired) electrons. The zero-order valence-corrected chi connectivity index (χ0v) is 10.2. The molecule has 16 heavy (non-hydrogen) atoms. The highest BCUT2D eigenvalue weighted by Crippen LogP contribution is 2.21. The maximum absolute atomic E-state index is 11.8. The van der Waals surface area contributed by atoms with Crippen molar-refractivity contribution in [2.45, 2.75) is 51.0 Å². The minimum atomic E-state index is -0.573. The summed E-state index contributed by atoms with van der Waals surface area (Å²) in [5.41, 5.74) is 4.82. The topological polar surface area (TPSA) is 66.6 Å². The van der Waals surface area contributed by atoms with E-state index in [4.69, 9.17) is 5.73 Å². The number of nitrogens with two attached hydrogens (primary N) is 1. The molecule has 1 heterocycles. The number of carbonyl (C=O) groups excluding carboxylic acids is 1. The molecule has 1 aliphatic heterocycles.